The maximum Gasteiger partial charge on any atom is 0.157 e. The molecule has 1 rings (SSSR count). The van der Waals surface area contributed by atoms with Crippen molar-refractivity contribution in [1.29, 1.82) is 0 Å². The van der Waals surface area contributed by atoms with Gasteiger partial charge < -0.3 is 9.84 Å². The van der Waals surface area contributed by atoms with Gasteiger partial charge in [0.25, 0.3) is 0 Å². The van der Waals surface area contributed by atoms with Crippen LogP contribution in [0.25, 0.3) is 0 Å². The highest BCUT2D eigenvalue weighted by Gasteiger charge is 2.21. The largest absolute Gasteiger partial charge is 0.393 e. The summed E-state index contributed by atoms with van der Waals surface area (Å²) in [6.07, 6.45) is 4.55. The minimum Gasteiger partial charge on any atom is -0.393 e. The summed E-state index contributed by atoms with van der Waals surface area (Å²) in [7, 11) is 0. The SMILES string of the molecule is CC=CC(=O)CC1CC(O)CCO1. The van der Waals surface area contributed by atoms with Gasteiger partial charge in [-0.15, -0.1) is 0 Å². The highest BCUT2D eigenvalue weighted by molar-refractivity contribution is 5.89. The van der Waals surface area contributed by atoms with Gasteiger partial charge in [0.1, 0.15) is 0 Å². The van der Waals surface area contributed by atoms with Crippen molar-refractivity contribution < 1.29 is 14.6 Å². The van der Waals surface area contributed by atoms with E-state index in [4.69, 9.17) is 4.74 Å². The zero-order chi connectivity index (χ0) is 9.68. The smallest absolute Gasteiger partial charge is 0.157 e. The summed E-state index contributed by atoms with van der Waals surface area (Å²) in [5, 5.41) is 9.31. The predicted octanol–water partition coefficient (Wildman–Crippen LogP) is 1.06. The second-order valence-electron chi connectivity index (χ2n) is 3.34. The minimum atomic E-state index is -0.294. The summed E-state index contributed by atoms with van der Waals surface area (Å²) in [6, 6.07) is 0. The quantitative estimate of drug-likeness (QED) is 0.667. The summed E-state index contributed by atoms with van der Waals surface area (Å²) in [5.41, 5.74) is 0. The average Bonchev–Trinajstić information content (AvgIpc) is 2.04. The number of carbonyl (C=O) groups excluding carboxylic acids is 1. The summed E-state index contributed by atoms with van der Waals surface area (Å²) >= 11 is 0. The molecule has 0 aliphatic carbocycles. The standard InChI is InChI=1S/C10H16O3/c1-2-3-8(11)6-10-7-9(12)4-5-13-10/h2-3,9-10,12H,4-7H2,1H3. The lowest BCUT2D eigenvalue weighted by Gasteiger charge is -2.25. The first-order valence-electron chi connectivity index (χ1n) is 4.67. The van der Waals surface area contributed by atoms with Crippen LogP contribution in [0.5, 0.6) is 0 Å². The van der Waals surface area contributed by atoms with Gasteiger partial charge in [0.05, 0.1) is 12.2 Å². The van der Waals surface area contributed by atoms with Crippen LogP contribution in [0.1, 0.15) is 26.2 Å². The monoisotopic (exact) mass is 184 g/mol. The molecule has 3 heteroatoms. The van der Waals surface area contributed by atoms with Crippen LogP contribution in [0, 0.1) is 0 Å². The van der Waals surface area contributed by atoms with Crippen molar-refractivity contribution in [1.82, 2.24) is 0 Å². The van der Waals surface area contributed by atoms with Crippen molar-refractivity contribution in [3.05, 3.63) is 12.2 Å². The van der Waals surface area contributed by atoms with E-state index in [0.29, 0.717) is 25.9 Å². The molecule has 2 atom stereocenters. The van der Waals surface area contributed by atoms with E-state index in [1.165, 1.54) is 0 Å². The number of aliphatic hydroxyl groups is 1. The molecular formula is C10H16O3. The Morgan fingerprint density at radius 1 is 1.69 bits per heavy atom. The fraction of sp³-hybridized carbons (Fsp3) is 0.700. The molecule has 1 saturated heterocycles. The van der Waals surface area contributed by atoms with E-state index in [0.717, 1.165) is 0 Å². The molecule has 1 fully saturated rings. The van der Waals surface area contributed by atoms with Gasteiger partial charge >= 0.3 is 0 Å². The molecule has 74 valence electrons. The Morgan fingerprint density at radius 3 is 3.08 bits per heavy atom. The van der Waals surface area contributed by atoms with Gasteiger partial charge in [0, 0.05) is 19.4 Å². The number of ether oxygens (including phenoxy) is 1. The van der Waals surface area contributed by atoms with Crippen LogP contribution in [0.2, 0.25) is 0 Å². The van der Waals surface area contributed by atoms with Crippen molar-refractivity contribution >= 4 is 5.78 Å². The zero-order valence-corrected chi connectivity index (χ0v) is 7.90. The molecule has 0 amide bonds. The van der Waals surface area contributed by atoms with Crippen LogP contribution in [-0.4, -0.2) is 29.7 Å². The summed E-state index contributed by atoms with van der Waals surface area (Å²) in [5.74, 6) is 0.0709. The van der Waals surface area contributed by atoms with Gasteiger partial charge in [-0.3, -0.25) is 4.79 Å². The molecule has 0 saturated carbocycles. The second kappa shape index (κ2) is 5.14. The average molecular weight is 184 g/mol. The molecule has 0 aromatic heterocycles. The maximum atomic E-state index is 11.2. The Kier molecular flexibility index (Phi) is 4.12. The number of hydrogen-bond donors (Lipinski definition) is 1. The summed E-state index contributed by atoms with van der Waals surface area (Å²) < 4.78 is 5.35. The lowest BCUT2D eigenvalue weighted by Crippen LogP contribution is -2.30. The number of hydrogen-bond acceptors (Lipinski definition) is 3. The molecule has 13 heavy (non-hydrogen) atoms. The molecule has 0 aromatic rings. The van der Waals surface area contributed by atoms with Crippen molar-refractivity contribution in [2.24, 2.45) is 0 Å². The van der Waals surface area contributed by atoms with Crippen molar-refractivity contribution in [2.75, 3.05) is 6.61 Å². The third-order valence-electron chi connectivity index (χ3n) is 2.12. The van der Waals surface area contributed by atoms with E-state index >= 15 is 0 Å². The highest BCUT2D eigenvalue weighted by Crippen LogP contribution is 2.16. The van der Waals surface area contributed by atoms with Crippen LogP contribution in [0.4, 0.5) is 0 Å². The van der Waals surface area contributed by atoms with Gasteiger partial charge in [-0.1, -0.05) is 6.08 Å². The summed E-state index contributed by atoms with van der Waals surface area (Å²) in [4.78, 5) is 11.2. The normalized spacial score (nSPS) is 29.4. The zero-order valence-electron chi connectivity index (χ0n) is 7.90. The maximum absolute atomic E-state index is 11.2. The van der Waals surface area contributed by atoms with Crippen LogP contribution in [-0.2, 0) is 9.53 Å². The number of rotatable bonds is 3. The number of allylic oxidation sites excluding steroid dienone is 2. The first-order valence-corrected chi connectivity index (χ1v) is 4.67. The molecule has 0 radical (unpaired) electrons. The Bertz CT molecular complexity index is 198. The highest BCUT2D eigenvalue weighted by atomic mass is 16.5. The van der Waals surface area contributed by atoms with Crippen LogP contribution < -0.4 is 0 Å². The van der Waals surface area contributed by atoms with E-state index in [1.54, 1.807) is 12.2 Å². The first kappa shape index (κ1) is 10.4. The molecule has 2 unspecified atom stereocenters. The van der Waals surface area contributed by atoms with Crippen molar-refractivity contribution in [3.8, 4) is 0 Å². The van der Waals surface area contributed by atoms with E-state index in [-0.39, 0.29) is 18.0 Å². The molecule has 1 N–H and O–H groups in total. The third-order valence-corrected chi connectivity index (χ3v) is 2.12. The molecule has 1 aliphatic rings. The van der Waals surface area contributed by atoms with E-state index in [9.17, 15) is 9.90 Å². The number of ketones is 1. The van der Waals surface area contributed by atoms with Gasteiger partial charge in [-0.25, -0.2) is 0 Å². The molecule has 0 spiro atoms. The number of carbonyl (C=O) groups is 1. The fourth-order valence-electron chi connectivity index (χ4n) is 1.48. The van der Waals surface area contributed by atoms with E-state index in [2.05, 4.69) is 0 Å². The predicted molar refractivity (Wildman–Crippen MR) is 49.4 cm³/mol. The molecule has 0 bridgehead atoms. The Hall–Kier alpha value is -0.670. The first-order chi connectivity index (χ1) is 6.22. The second-order valence-corrected chi connectivity index (χ2v) is 3.34. The van der Waals surface area contributed by atoms with Crippen LogP contribution in [0.3, 0.4) is 0 Å². The topological polar surface area (TPSA) is 46.5 Å². The van der Waals surface area contributed by atoms with E-state index in [1.807, 2.05) is 6.92 Å². The van der Waals surface area contributed by atoms with E-state index < -0.39 is 0 Å². The van der Waals surface area contributed by atoms with Crippen molar-refractivity contribution in [2.45, 2.75) is 38.4 Å². The van der Waals surface area contributed by atoms with Gasteiger partial charge in [-0.05, 0) is 19.4 Å². The van der Waals surface area contributed by atoms with Crippen LogP contribution >= 0.6 is 0 Å². The van der Waals surface area contributed by atoms with Crippen LogP contribution in [0.15, 0.2) is 12.2 Å². The third kappa shape index (κ3) is 3.70. The number of aliphatic hydroxyl groups excluding tert-OH is 1. The molecular weight excluding hydrogens is 168 g/mol. The molecule has 1 aliphatic heterocycles. The minimum absolute atomic E-state index is 0.0709. The lowest BCUT2D eigenvalue weighted by atomic mass is 10.0. The molecule has 3 nitrogen and oxygen atoms in total. The Labute approximate surface area is 78.4 Å². The summed E-state index contributed by atoms with van der Waals surface area (Å²) in [6.45, 7) is 2.38. The van der Waals surface area contributed by atoms with Gasteiger partial charge in [0.15, 0.2) is 5.78 Å². The fourth-order valence-corrected chi connectivity index (χ4v) is 1.48. The Balaban J connectivity index is 2.31. The molecule has 0 aromatic carbocycles. The van der Waals surface area contributed by atoms with Gasteiger partial charge in [-0.2, -0.15) is 0 Å². The van der Waals surface area contributed by atoms with Gasteiger partial charge in [0.2, 0.25) is 0 Å². The molecule has 1 heterocycles. The lowest BCUT2D eigenvalue weighted by molar-refractivity contribution is -0.119. The Morgan fingerprint density at radius 2 is 2.46 bits per heavy atom. The van der Waals surface area contributed by atoms with Crippen molar-refractivity contribution in [3.63, 3.8) is 0 Å².